The van der Waals surface area contributed by atoms with Crippen molar-refractivity contribution in [2.24, 2.45) is 0 Å². The quantitative estimate of drug-likeness (QED) is 0.276. The van der Waals surface area contributed by atoms with Gasteiger partial charge in [0.05, 0.1) is 20.1 Å². The lowest BCUT2D eigenvalue weighted by molar-refractivity contribution is 0.0948. The van der Waals surface area contributed by atoms with Crippen LogP contribution < -0.4 is 14.9 Å². The lowest BCUT2D eigenvalue weighted by Gasteiger charge is -2.34. The van der Waals surface area contributed by atoms with Crippen molar-refractivity contribution in [1.82, 2.24) is 15.2 Å². The maximum atomic E-state index is 12.6. The van der Waals surface area contributed by atoms with Crippen molar-refractivity contribution < 1.29 is 13.2 Å². The standard InChI is InChI=1S/C28H30ClN5O3S2.ClH/c1-19-3-10-23(11-4-19)39(36,37)32-22-8-6-21(7-9-22)27(35)30-13-14-33-15-17-34(18-16-33)28-31-25-20(2)5-12-24(29)26(25)38-28;/h3-12,32H,13-18H2,1-2H3,(H,30,35);1H. The summed E-state index contributed by atoms with van der Waals surface area (Å²) in [5, 5.41) is 4.70. The lowest BCUT2D eigenvalue weighted by Crippen LogP contribution is -2.48. The Labute approximate surface area is 249 Å². The highest BCUT2D eigenvalue weighted by molar-refractivity contribution is 7.92. The molecule has 5 rings (SSSR count). The first-order chi connectivity index (χ1) is 18.7. The third-order valence-electron chi connectivity index (χ3n) is 6.77. The maximum absolute atomic E-state index is 12.6. The zero-order valence-corrected chi connectivity index (χ0v) is 25.4. The van der Waals surface area contributed by atoms with Crippen molar-refractivity contribution in [3.63, 3.8) is 0 Å². The van der Waals surface area contributed by atoms with Gasteiger partial charge in [0.1, 0.15) is 0 Å². The molecule has 1 aromatic heterocycles. The summed E-state index contributed by atoms with van der Waals surface area (Å²) in [5.74, 6) is -0.191. The van der Waals surface area contributed by atoms with Gasteiger partial charge in [-0.1, -0.05) is 46.7 Å². The minimum atomic E-state index is -3.69. The summed E-state index contributed by atoms with van der Waals surface area (Å²) in [5.41, 5.74) is 3.96. The molecule has 3 aromatic carbocycles. The minimum Gasteiger partial charge on any atom is -0.351 e. The van der Waals surface area contributed by atoms with Gasteiger partial charge >= 0.3 is 0 Å². The van der Waals surface area contributed by atoms with E-state index in [2.05, 4.69) is 26.8 Å². The average molecular weight is 621 g/mol. The molecule has 0 atom stereocenters. The van der Waals surface area contributed by atoms with Gasteiger partial charge in [-0.05, 0) is 61.9 Å². The summed E-state index contributed by atoms with van der Waals surface area (Å²) in [6, 6.07) is 17.0. The van der Waals surface area contributed by atoms with Crippen molar-refractivity contribution in [1.29, 1.82) is 0 Å². The van der Waals surface area contributed by atoms with Gasteiger partial charge in [-0.25, -0.2) is 13.4 Å². The number of carbonyl (C=O) groups excluding carboxylic acids is 1. The summed E-state index contributed by atoms with van der Waals surface area (Å²) < 4.78 is 28.8. The van der Waals surface area contributed by atoms with Crippen molar-refractivity contribution in [3.8, 4) is 0 Å². The minimum absolute atomic E-state index is 0. The third kappa shape index (κ3) is 6.87. The van der Waals surface area contributed by atoms with Crippen LogP contribution in [0.4, 0.5) is 10.8 Å². The Morgan fingerprint density at radius 1 is 0.975 bits per heavy atom. The Bertz CT molecular complexity index is 1550. The van der Waals surface area contributed by atoms with Crippen LogP contribution in [0.3, 0.4) is 0 Å². The molecule has 4 aromatic rings. The van der Waals surface area contributed by atoms with Crippen LogP contribution in [0.5, 0.6) is 0 Å². The molecule has 40 heavy (non-hydrogen) atoms. The number of piperazine rings is 1. The number of hydrogen-bond donors (Lipinski definition) is 2. The topological polar surface area (TPSA) is 94.6 Å². The molecule has 1 aliphatic heterocycles. The SMILES string of the molecule is Cc1ccc(S(=O)(=O)Nc2ccc(C(=O)NCCN3CCN(c4nc5c(C)ccc(Cl)c5s4)CC3)cc2)cc1.Cl. The highest BCUT2D eigenvalue weighted by Crippen LogP contribution is 2.35. The number of thiazole rings is 1. The van der Waals surface area contributed by atoms with Gasteiger partial charge in [-0.3, -0.25) is 14.4 Å². The van der Waals surface area contributed by atoms with Crippen molar-refractivity contribution >= 4 is 72.3 Å². The number of fused-ring (bicyclic) bond motifs is 1. The fourth-order valence-corrected chi connectivity index (χ4v) is 6.87. The third-order valence-corrected chi connectivity index (χ3v) is 9.75. The number of sulfonamides is 1. The van der Waals surface area contributed by atoms with E-state index in [1.165, 1.54) is 0 Å². The van der Waals surface area contributed by atoms with Crippen LogP contribution in [0.25, 0.3) is 10.2 Å². The van der Waals surface area contributed by atoms with Gasteiger partial charge in [-0.15, -0.1) is 12.4 Å². The van der Waals surface area contributed by atoms with Gasteiger partial charge in [0.2, 0.25) is 0 Å². The van der Waals surface area contributed by atoms with Gasteiger partial charge in [0.25, 0.3) is 15.9 Å². The number of anilines is 2. The van der Waals surface area contributed by atoms with Crippen LogP contribution in [0.1, 0.15) is 21.5 Å². The van der Waals surface area contributed by atoms with E-state index in [1.54, 1.807) is 59.9 Å². The first kappa shape index (κ1) is 30.1. The lowest BCUT2D eigenvalue weighted by atomic mass is 10.2. The molecule has 1 amide bonds. The summed E-state index contributed by atoms with van der Waals surface area (Å²) in [6.07, 6.45) is 0. The first-order valence-corrected chi connectivity index (χ1v) is 15.4. The molecule has 1 aliphatic rings. The zero-order valence-electron chi connectivity index (χ0n) is 22.2. The van der Waals surface area contributed by atoms with Gasteiger partial charge in [0, 0.05) is 50.5 Å². The fourth-order valence-electron chi connectivity index (χ4n) is 4.44. The number of nitrogens with one attached hydrogen (secondary N) is 2. The summed E-state index contributed by atoms with van der Waals surface area (Å²) in [4.78, 5) is 22.3. The van der Waals surface area contributed by atoms with Crippen LogP contribution in [0.2, 0.25) is 5.02 Å². The summed E-state index contributed by atoms with van der Waals surface area (Å²) in [6.45, 7) is 8.72. The highest BCUT2D eigenvalue weighted by Gasteiger charge is 2.21. The molecule has 0 unspecified atom stereocenters. The molecule has 8 nitrogen and oxygen atoms in total. The van der Waals surface area contributed by atoms with Crippen LogP contribution in [-0.2, 0) is 10.0 Å². The average Bonchev–Trinajstić information content (AvgIpc) is 3.39. The number of nitrogens with zero attached hydrogens (tertiary/aromatic N) is 3. The molecule has 12 heteroatoms. The molecule has 0 spiro atoms. The van der Waals surface area contributed by atoms with E-state index in [0.29, 0.717) is 17.8 Å². The van der Waals surface area contributed by atoms with Crippen molar-refractivity contribution in [2.45, 2.75) is 18.7 Å². The second kappa shape index (κ2) is 12.7. The number of hydrogen-bond acceptors (Lipinski definition) is 7. The Morgan fingerprint density at radius 3 is 2.30 bits per heavy atom. The molecule has 1 saturated heterocycles. The normalized spacial score (nSPS) is 14.1. The molecule has 2 heterocycles. The molecule has 2 N–H and O–H groups in total. The molecule has 1 fully saturated rings. The smallest absolute Gasteiger partial charge is 0.261 e. The number of halogens is 2. The molecule has 0 bridgehead atoms. The van der Waals surface area contributed by atoms with E-state index >= 15 is 0 Å². The molecular weight excluding hydrogens is 589 g/mol. The Morgan fingerprint density at radius 2 is 1.65 bits per heavy atom. The molecule has 0 saturated carbocycles. The fraction of sp³-hybridized carbons (Fsp3) is 0.286. The molecule has 0 aliphatic carbocycles. The van der Waals surface area contributed by atoms with E-state index < -0.39 is 10.0 Å². The van der Waals surface area contributed by atoms with Gasteiger partial charge in [0.15, 0.2) is 5.13 Å². The first-order valence-electron chi connectivity index (χ1n) is 12.7. The molecule has 0 radical (unpaired) electrons. The second-order valence-electron chi connectivity index (χ2n) is 9.62. The van der Waals surface area contributed by atoms with Crippen molar-refractivity contribution in [3.05, 3.63) is 82.4 Å². The number of aryl methyl sites for hydroxylation is 2. The van der Waals surface area contributed by atoms with Crippen LogP contribution in [0, 0.1) is 13.8 Å². The van der Waals surface area contributed by atoms with Gasteiger partial charge < -0.3 is 10.2 Å². The predicted molar refractivity (Wildman–Crippen MR) is 166 cm³/mol. The number of amides is 1. The Kier molecular flexibility index (Phi) is 9.58. The molecular formula is C28H31Cl2N5O3S2. The number of carbonyl (C=O) groups is 1. The van der Waals surface area contributed by atoms with E-state index in [0.717, 1.165) is 64.2 Å². The van der Waals surface area contributed by atoms with Crippen LogP contribution in [-0.4, -0.2) is 63.5 Å². The monoisotopic (exact) mass is 619 g/mol. The van der Waals surface area contributed by atoms with Crippen LogP contribution in [0.15, 0.2) is 65.6 Å². The number of aromatic nitrogens is 1. The van der Waals surface area contributed by atoms with E-state index in [1.807, 2.05) is 19.1 Å². The summed E-state index contributed by atoms with van der Waals surface area (Å²) in [7, 11) is -3.69. The number of rotatable bonds is 8. The highest BCUT2D eigenvalue weighted by atomic mass is 35.5. The van der Waals surface area contributed by atoms with E-state index in [9.17, 15) is 13.2 Å². The maximum Gasteiger partial charge on any atom is 0.261 e. The predicted octanol–water partition coefficient (Wildman–Crippen LogP) is 5.34. The van der Waals surface area contributed by atoms with E-state index in [4.69, 9.17) is 16.6 Å². The summed E-state index contributed by atoms with van der Waals surface area (Å²) >= 11 is 8.01. The largest absolute Gasteiger partial charge is 0.351 e. The Hall–Kier alpha value is -2.89. The second-order valence-corrected chi connectivity index (χ2v) is 12.7. The Balaban J connectivity index is 0.00000370. The van der Waals surface area contributed by atoms with Crippen LogP contribution >= 0.6 is 35.3 Å². The van der Waals surface area contributed by atoms with E-state index in [-0.39, 0.29) is 23.2 Å². The van der Waals surface area contributed by atoms with Crippen molar-refractivity contribution in [2.75, 3.05) is 48.9 Å². The number of benzene rings is 3. The zero-order chi connectivity index (χ0) is 27.6. The van der Waals surface area contributed by atoms with Gasteiger partial charge in [-0.2, -0.15) is 0 Å². The molecule has 212 valence electrons.